The molecular formula is C20H18F2N4OS. The minimum atomic E-state index is -0.354. The van der Waals surface area contributed by atoms with Crippen LogP contribution in [0.15, 0.2) is 59.8 Å². The predicted octanol–water partition coefficient (Wildman–Crippen LogP) is 3.72. The molecule has 0 aliphatic heterocycles. The normalized spacial score (nSPS) is 11.1. The van der Waals surface area contributed by atoms with Crippen LogP contribution < -0.4 is 5.32 Å². The standard InChI is InChI=1S/C20H18F2N4OS/c1-26-18(12-23-19(27)10-7-14-3-2-4-17(22)11-14)24-25-20(26)28-13-15-5-8-16(21)9-6-15/h2-11H,12-13H2,1H3,(H,23,27). The summed E-state index contributed by atoms with van der Waals surface area (Å²) >= 11 is 1.47. The maximum Gasteiger partial charge on any atom is 0.244 e. The van der Waals surface area contributed by atoms with E-state index in [1.807, 2.05) is 7.05 Å². The number of hydrogen-bond donors (Lipinski definition) is 1. The Labute approximate surface area is 165 Å². The third kappa shape index (κ3) is 5.50. The van der Waals surface area contributed by atoms with Crippen molar-refractivity contribution in [3.05, 3.63) is 83.2 Å². The van der Waals surface area contributed by atoms with E-state index in [-0.39, 0.29) is 24.1 Å². The van der Waals surface area contributed by atoms with Gasteiger partial charge < -0.3 is 9.88 Å². The monoisotopic (exact) mass is 400 g/mol. The van der Waals surface area contributed by atoms with E-state index < -0.39 is 0 Å². The summed E-state index contributed by atoms with van der Waals surface area (Å²) in [5.74, 6) is 0.306. The Hall–Kier alpha value is -3.00. The Kier molecular flexibility index (Phi) is 6.54. The average Bonchev–Trinajstić information content (AvgIpc) is 3.04. The Balaban J connectivity index is 1.52. The number of nitrogens with zero attached hydrogens (tertiary/aromatic N) is 3. The first kappa shape index (κ1) is 19.8. The van der Waals surface area contributed by atoms with Crippen molar-refractivity contribution in [1.29, 1.82) is 0 Å². The maximum absolute atomic E-state index is 13.1. The van der Waals surface area contributed by atoms with E-state index in [1.165, 1.54) is 42.1 Å². The van der Waals surface area contributed by atoms with E-state index in [2.05, 4.69) is 15.5 Å². The van der Waals surface area contributed by atoms with Crippen LogP contribution in [-0.4, -0.2) is 20.7 Å². The third-order valence-corrected chi connectivity index (χ3v) is 4.99. The fourth-order valence-electron chi connectivity index (χ4n) is 2.36. The molecule has 1 N–H and O–H groups in total. The van der Waals surface area contributed by atoms with Gasteiger partial charge >= 0.3 is 0 Å². The first-order valence-corrected chi connectivity index (χ1v) is 9.47. The van der Waals surface area contributed by atoms with Gasteiger partial charge in [-0.1, -0.05) is 36.0 Å². The number of amides is 1. The highest BCUT2D eigenvalue weighted by Crippen LogP contribution is 2.21. The molecule has 28 heavy (non-hydrogen) atoms. The third-order valence-electron chi connectivity index (χ3n) is 3.90. The second kappa shape index (κ2) is 9.27. The first-order valence-electron chi connectivity index (χ1n) is 8.48. The Bertz CT molecular complexity index is 986. The quantitative estimate of drug-likeness (QED) is 0.485. The maximum atomic E-state index is 13.1. The lowest BCUT2D eigenvalue weighted by Crippen LogP contribution is -2.22. The molecule has 0 saturated heterocycles. The number of carbonyl (C=O) groups excluding carboxylic acids is 1. The van der Waals surface area contributed by atoms with Crippen molar-refractivity contribution >= 4 is 23.7 Å². The van der Waals surface area contributed by atoms with Crippen LogP contribution in [0.2, 0.25) is 0 Å². The molecule has 3 aromatic rings. The van der Waals surface area contributed by atoms with Crippen LogP contribution in [0.1, 0.15) is 17.0 Å². The van der Waals surface area contributed by atoms with Gasteiger partial charge in [0.25, 0.3) is 0 Å². The number of nitrogens with one attached hydrogen (secondary N) is 1. The van der Waals surface area contributed by atoms with Crippen LogP contribution >= 0.6 is 11.8 Å². The van der Waals surface area contributed by atoms with Crippen LogP contribution in [0.5, 0.6) is 0 Å². The van der Waals surface area contributed by atoms with Crippen molar-refractivity contribution in [3.8, 4) is 0 Å². The highest BCUT2D eigenvalue weighted by atomic mass is 32.2. The molecule has 0 spiro atoms. The van der Waals surface area contributed by atoms with Gasteiger partial charge in [-0.3, -0.25) is 4.79 Å². The van der Waals surface area contributed by atoms with Crippen molar-refractivity contribution < 1.29 is 13.6 Å². The zero-order valence-corrected chi connectivity index (χ0v) is 15.9. The number of aromatic nitrogens is 3. The summed E-state index contributed by atoms with van der Waals surface area (Å²) in [6.45, 7) is 0.215. The fraction of sp³-hybridized carbons (Fsp3) is 0.150. The molecule has 0 unspecified atom stereocenters. The van der Waals surface area contributed by atoms with Crippen LogP contribution in [0, 0.1) is 11.6 Å². The van der Waals surface area contributed by atoms with Crippen molar-refractivity contribution in [2.75, 3.05) is 0 Å². The van der Waals surface area contributed by atoms with Gasteiger partial charge in [-0.15, -0.1) is 10.2 Å². The van der Waals surface area contributed by atoms with E-state index in [1.54, 1.807) is 34.9 Å². The lowest BCUT2D eigenvalue weighted by atomic mass is 10.2. The molecule has 0 atom stereocenters. The van der Waals surface area contributed by atoms with E-state index in [0.29, 0.717) is 22.3 Å². The molecule has 0 aliphatic carbocycles. The first-order chi connectivity index (χ1) is 13.5. The lowest BCUT2D eigenvalue weighted by molar-refractivity contribution is -0.116. The van der Waals surface area contributed by atoms with Crippen LogP contribution in [0.4, 0.5) is 8.78 Å². The predicted molar refractivity (Wildman–Crippen MR) is 104 cm³/mol. The molecule has 1 heterocycles. The average molecular weight is 400 g/mol. The summed E-state index contributed by atoms with van der Waals surface area (Å²) in [6.07, 6.45) is 2.88. The molecule has 0 radical (unpaired) electrons. The number of halogens is 2. The van der Waals surface area contributed by atoms with Gasteiger partial charge in [-0.05, 0) is 41.5 Å². The molecule has 0 fully saturated rings. The highest BCUT2D eigenvalue weighted by molar-refractivity contribution is 7.98. The Morgan fingerprint density at radius 3 is 2.68 bits per heavy atom. The zero-order chi connectivity index (χ0) is 19.9. The van der Waals surface area contributed by atoms with Crippen molar-refractivity contribution in [1.82, 2.24) is 20.1 Å². The van der Waals surface area contributed by atoms with E-state index in [9.17, 15) is 13.6 Å². The van der Waals surface area contributed by atoms with Gasteiger partial charge in [-0.25, -0.2) is 8.78 Å². The molecule has 1 amide bonds. The van der Waals surface area contributed by atoms with Gasteiger partial charge in [0.05, 0.1) is 6.54 Å². The van der Waals surface area contributed by atoms with Crippen molar-refractivity contribution in [2.24, 2.45) is 7.05 Å². The van der Waals surface area contributed by atoms with Crippen LogP contribution in [0.3, 0.4) is 0 Å². The van der Waals surface area contributed by atoms with Crippen LogP contribution in [-0.2, 0) is 24.1 Å². The van der Waals surface area contributed by atoms with E-state index in [0.717, 1.165) is 5.56 Å². The summed E-state index contributed by atoms with van der Waals surface area (Å²) < 4.78 is 27.9. The Morgan fingerprint density at radius 1 is 1.14 bits per heavy atom. The smallest absolute Gasteiger partial charge is 0.244 e. The Morgan fingerprint density at radius 2 is 1.93 bits per heavy atom. The van der Waals surface area contributed by atoms with Gasteiger partial charge in [-0.2, -0.15) is 0 Å². The molecule has 0 saturated carbocycles. The largest absolute Gasteiger partial charge is 0.345 e. The molecule has 8 heteroatoms. The molecule has 1 aromatic heterocycles. The minimum absolute atomic E-state index is 0.215. The molecule has 0 bridgehead atoms. The molecular weight excluding hydrogens is 382 g/mol. The summed E-state index contributed by atoms with van der Waals surface area (Å²) in [4.78, 5) is 11.9. The van der Waals surface area contributed by atoms with E-state index in [4.69, 9.17) is 0 Å². The molecule has 5 nitrogen and oxygen atoms in total. The summed E-state index contributed by atoms with van der Waals surface area (Å²) in [7, 11) is 1.82. The van der Waals surface area contributed by atoms with Crippen molar-refractivity contribution in [3.63, 3.8) is 0 Å². The molecule has 144 valence electrons. The summed E-state index contributed by atoms with van der Waals surface area (Å²) in [6, 6.07) is 12.3. The molecule has 2 aromatic carbocycles. The van der Waals surface area contributed by atoms with Gasteiger partial charge in [0.2, 0.25) is 5.91 Å². The number of carbonyl (C=O) groups is 1. The zero-order valence-electron chi connectivity index (χ0n) is 15.1. The molecule has 0 aliphatic rings. The number of benzene rings is 2. The van der Waals surface area contributed by atoms with Gasteiger partial charge in [0.15, 0.2) is 11.0 Å². The lowest BCUT2D eigenvalue weighted by Gasteiger charge is -2.05. The fourth-order valence-corrected chi connectivity index (χ4v) is 3.25. The number of rotatable bonds is 7. The summed E-state index contributed by atoms with van der Waals surface area (Å²) in [5, 5.41) is 11.6. The second-order valence-corrected chi connectivity index (χ2v) is 6.92. The van der Waals surface area contributed by atoms with Crippen molar-refractivity contribution in [2.45, 2.75) is 17.5 Å². The topological polar surface area (TPSA) is 59.8 Å². The van der Waals surface area contributed by atoms with Gasteiger partial charge in [0, 0.05) is 18.9 Å². The number of thioether (sulfide) groups is 1. The summed E-state index contributed by atoms with van der Waals surface area (Å²) in [5.41, 5.74) is 1.58. The highest BCUT2D eigenvalue weighted by Gasteiger charge is 2.10. The van der Waals surface area contributed by atoms with Crippen LogP contribution in [0.25, 0.3) is 6.08 Å². The SMILES string of the molecule is Cn1c(CNC(=O)C=Cc2cccc(F)c2)nnc1SCc1ccc(F)cc1. The molecule has 3 rings (SSSR count). The number of hydrogen-bond acceptors (Lipinski definition) is 4. The second-order valence-electron chi connectivity index (χ2n) is 5.98. The minimum Gasteiger partial charge on any atom is -0.345 e. The van der Waals surface area contributed by atoms with E-state index >= 15 is 0 Å². The van der Waals surface area contributed by atoms with Gasteiger partial charge in [0.1, 0.15) is 11.6 Å².